The van der Waals surface area contributed by atoms with Gasteiger partial charge in [-0.1, -0.05) is 23.7 Å². The summed E-state index contributed by atoms with van der Waals surface area (Å²) in [6.07, 6.45) is -1.70. The first-order chi connectivity index (χ1) is 11.5. The van der Waals surface area contributed by atoms with Crippen LogP contribution in [-0.2, 0) is 4.79 Å². The number of benzodiazepines with no additional fused rings is 1. The first-order valence-corrected chi connectivity index (χ1v) is 7.63. The summed E-state index contributed by atoms with van der Waals surface area (Å²) >= 11 is 6.06. The zero-order valence-electron chi connectivity index (χ0n) is 12.5. The number of aliphatic imine (C=N–C) groups is 1. The second-order valence-corrected chi connectivity index (χ2v) is 5.64. The van der Waals surface area contributed by atoms with E-state index in [0.717, 1.165) is 0 Å². The summed E-state index contributed by atoms with van der Waals surface area (Å²) in [6, 6.07) is 10.7. The lowest BCUT2D eigenvalue weighted by Gasteiger charge is -2.23. The minimum atomic E-state index is -1.70. The molecule has 2 aromatic carbocycles. The highest BCUT2D eigenvalue weighted by atomic mass is 35.5. The Morgan fingerprint density at radius 1 is 1.21 bits per heavy atom. The van der Waals surface area contributed by atoms with Crippen molar-refractivity contribution < 1.29 is 19.4 Å². The lowest BCUT2D eigenvalue weighted by molar-refractivity contribution is -0.126. The SMILES string of the molecule is O=C1[C@@H](O)N=C(c2ccccc2F)c2cc(Cl)ccc2N1CCO. The van der Waals surface area contributed by atoms with Crippen LogP contribution in [0.25, 0.3) is 0 Å². The van der Waals surface area contributed by atoms with Gasteiger partial charge in [-0.3, -0.25) is 4.79 Å². The van der Waals surface area contributed by atoms with Crippen molar-refractivity contribution in [1.82, 2.24) is 0 Å². The average Bonchev–Trinajstić information content (AvgIpc) is 2.66. The van der Waals surface area contributed by atoms with E-state index in [1.54, 1.807) is 24.3 Å². The topological polar surface area (TPSA) is 73.1 Å². The number of hydrogen-bond donors (Lipinski definition) is 2. The number of anilines is 1. The van der Waals surface area contributed by atoms with Crippen LogP contribution in [-0.4, -0.2) is 41.2 Å². The third-order valence-corrected chi connectivity index (χ3v) is 3.93. The molecule has 0 aromatic heterocycles. The van der Waals surface area contributed by atoms with Crippen LogP contribution >= 0.6 is 11.6 Å². The van der Waals surface area contributed by atoms with Gasteiger partial charge in [-0.05, 0) is 30.3 Å². The standard InChI is InChI=1S/C17H14ClFN2O3/c18-10-5-6-14-12(9-10)15(11-3-1-2-4-13(11)19)20-16(23)17(24)21(14)7-8-22/h1-6,9,16,22-23H,7-8H2/t16-/m1/s1. The number of hydrogen-bond acceptors (Lipinski definition) is 4. The third-order valence-electron chi connectivity index (χ3n) is 3.70. The fourth-order valence-corrected chi connectivity index (χ4v) is 2.81. The average molecular weight is 349 g/mol. The Kier molecular flexibility index (Phi) is 4.62. The van der Waals surface area contributed by atoms with Crippen LogP contribution in [0.2, 0.25) is 5.02 Å². The summed E-state index contributed by atoms with van der Waals surface area (Å²) in [6.45, 7) is -0.319. The first kappa shape index (κ1) is 16.6. The minimum Gasteiger partial charge on any atom is -0.395 e. The van der Waals surface area contributed by atoms with Crippen molar-refractivity contribution in [3.05, 3.63) is 64.4 Å². The van der Waals surface area contributed by atoms with Gasteiger partial charge in [0.25, 0.3) is 5.91 Å². The smallest absolute Gasteiger partial charge is 0.278 e. The Morgan fingerprint density at radius 2 is 1.96 bits per heavy atom. The van der Waals surface area contributed by atoms with Gasteiger partial charge in [-0.15, -0.1) is 0 Å². The fraction of sp³-hybridized carbons (Fsp3) is 0.176. The van der Waals surface area contributed by atoms with Gasteiger partial charge < -0.3 is 15.1 Å². The molecule has 0 unspecified atom stereocenters. The number of aliphatic hydroxyl groups excluding tert-OH is 2. The Labute approximate surface area is 142 Å². The van der Waals surface area contributed by atoms with Crippen molar-refractivity contribution in [2.75, 3.05) is 18.1 Å². The molecule has 0 spiro atoms. The highest BCUT2D eigenvalue weighted by molar-refractivity contribution is 6.32. The second-order valence-electron chi connectivity index (χ2n) is 5.21. The molecule has 1 atom stereocenters. The predicted molar refractivity (Wildman–Crippen MR) is 88.9 cm³/mol. The lowest BCUT2D eigenvalue weighted by atomic mass is 9.99. The molecule has 0 radical (unpaired) electrons. The second kappa shape index (κ2) is 6.68. The minimum absolute atomic E-state index is 0.0232. The summed E-state index contributed by atoms with van der Waals surface area (Å²) < 4.78 is 14.2. The molecular formula is C17H14ClFN2O3. The maximum Gasteiger partial charge on any atom is 0.278 e. The third kappa shape index (κ3) is 2.91. The highest BCUT2D eigenvalue weighted by Crippen LogP contribution is 2.31. The van der Waals surface area contributed by atoms with Gasteiger partial charge in [0.1, 0.15) is 5.82 Å². The van der Waals surface area contributed by atoms with Crippen molar-refractivity contribution in [2.24, 2.45) is 4.99 Å². The van der Waals surface area contributed by atoms with E-state index in [1.165, 1.54) is 23.1 Å². The molecule has 1 aliphatic rings. The number of carbonyl (C=O) groups excluding carboxylic acids is 1. The van der Waals surface area contributed by atoms with Crippen LogP contribution in [0.3, 0.4) is 0 Å². The molecule has 0 aliphatic carbocycles. The Balaban J connectivity index is 2.27. The van der Waals surface area contributed by atoms with Gasteiger partial charge in [-0.2, -0.15) is 0 Å². The summed E-state index contributed by atoms with van der Waals surface area (Å²) in [5.74, 6) is -1.23. The van der Waals surface area contributed by atoms with E-state index >= 15 is 0 Å². The van der Waals surface area contributed by atoms with Crippen LogP contribution in [0.4, 0.5) is 10.1 Å². The maximum atomic E-state index is 14.2. The Morgan fingerprint density at radius 3 is 2.67 bits per heavy atom. The normalized spacial score (nSPS) is 17.3. The molecule has 1 heterocycles. The van der Waals surface area contributed by atoms with E-state index in [4.69, 9.17) is 11.6 Å². The molecule has 2 aromatic rings. The summed E-state index contributed by atoms with van der Waals surface area (Å²) in [7, 11) is 0. The molecule has 5 nitrogen and oxygen atoms in total. The lowest BCUT2D eigenvalue weighted by Crippen LogP contribution is -2.39. The van der Waals surface area contributed by atoms with Gasteiger partial charge in [0.15, 0.2) is 0 Å². The number of halogens is 2. The van der Waals surface area contributed by atoms with Crippen LogP contribution in [0.1, 0.15) is 11.1 Å². The molecule has 0 saturated heterocycles. The monoisotopic (exact) mass is 348 g/mol. The number of nitrogens with zero attached hydrogens (tertiary/aromatic N) is 2. The van der Waals surface area contributed by atoms with Gasteiger partial charge >= 0.3 is 0 Å². The summed E-state index contributed by atoms with van der Waals surface area (Å²) in [5.41, 5.74) is 1.09. The Bertz CT molecular complexity index is 825. The zero-order chi connectivity index (χ0) is 17.3. The first-order valence-electron chi connectivity index (χ1n) is 7.26. The quantitative estimate of drug-likeness (QED) is 0.890. The van der Waals surface area contributed by atoms with E-state index in [2.05, 4.69) is 4.99 Å². The van der Waals surface area contributed by atoms with Crippen molar-refractivity contribution >= 4 is 28.9 Å². The van der Waals surface area contributed by atoms with Crippen LogP contribution in [0, 0.1) is 5.82 Å². The van der Waals surface area contributed by atoms with Crippen molar-refractivity contribution in [3.8, 4) is 0 Å². The molecule has 1 amide bonds. The zero-order valence-corrected chi connectivity index (χ0v) is 13.2. The van der Waals surface area contributed by atoms with Crippen LogP contribution in [0.15, 0.2) is 47.5 Å². The number of rotatable bonds is 3. The molecule has 0 bridgehead atoms. The van der Waals surface area contributed by atoms with Crippen molar-refractivity contribution in [3.63, 3.8) is 0 Å². The number of aliphatic hydroxyl groups is 2. The molecule has 1 aliphatic heterocycles. The molecule has 2 N–H and O–H groups in total. The van der Waals surface area contributed by atoms with Crippen LogP contribution in [0.5, 0.6) is 0 Å². The molecule has 3 rings (SSSR count). The van der Waals surface area contributed by atoms with Gasteiger partial charge in [0, 0.05) is 22.7 Å². The molecule has 7 heteroatoms. The number of amides is 1. The van der Waals surface area contributed by atoms with Gasteiger partial charge in [0.2, 0.25) is 6.23 Å². The number of fused-ring (bicyclic) bond motifs is 1. The van der Waals surface area contributed by atoms with E-state index in [1.807, 2.05) is 0 Å². The van der Waals surface area contributed by atoms with Gasteiger partial charge in [0.05, 0.1) is 18.0 Å². The number of benzene rings is 2. The molecule has 24 heavy (non-hydrogen) atoms. The predicted octanol–water partition coefficient (Wildman–Crippen LogP) is 1.97. The summed E-state index contributed by atoms with van der Waals surface area (Å²) in [5, 5.41) is 19.7. The maximum absolute atomic E-state index is 14.2. The molecule has 124 valence electrons. The molecular weight excluding hydrogens is 335 g/mol. The molecule has 0 fully saturated rings. The van der Waals surface area contributed by atoms with E-state index in [0.29, 0.717) is 16.3 Å². The van der Waals surface area contributed by atoms with E-state index in [9.17, 15) is 19.4 Å². The van der Waals surface area contributed by atoms with Gasteiger partial charge in [-0.25, -0.2) is 9.38 Å². The highest BCUT2D eigenvalue weighted by Gasteiger charge is 2.31. The largest absolute Gasteiger partial charge is 0.395 e. The van der Waals surface area contributed by atoms with E-state index < -0.39 is 18.0 Å². The van der Waals surface area contributed by atoms with Crippen molar-refractivity contribution in [1.29, 1.82) is 0 Å². The molecule has 0 saturated carbocycles. The number of β-amino-alcohol motifs (C(OH)–C–C–N with tert-alkyl or cyclic N) is 1. The Hall–Kier alpha value is -2.28. The summed E-state index contributed by atoms with van der Waals surface area (Å²) in [4.78, 5) is 17.6. The van der Waals surface area contributed by atoms with E-state index in [-0.39, 0.29) is 24.4 Å². The van der Waals surface area contributed by atoms with Crippen molar-refractivity contribution in [2.45, 2.75) is 6.23 Å². The van der Waals surface area contributed by atoms with Crippen LogP contribution < -0.4 is 4.90 Å². The fourth-order valence-electron chi connectivity index (χ4n) is 2.64. The number of carbonyl (C=O) groups is 1.